The van der Waals surface area contributed by atoms with Crippen molar-refractivity contribution >= 4 is 17.2 Å². The Morgan fingerprint density at radius 3 is 2.63 bits per heavy atom. The summed E-state index contributed by atoms with van der Waals surface area (Å²) in [6, 6.07) is 9.28. The summed E-state index contributed by atoms with van der Waals surface area (Å²) in [6.07, 6.45) is 1.67. The van der Waals surface area contributed by atoms with Crippen molar-refractivity contribution in [3.05, 3.63) is 52.7 Å². The Morgan fingerprint density at radius 2 is 1.93 bits per heavy atom. The van der Waals surface area contributed by atoms with Crippen LogP contribution in [0.5, 0.6) is 17.4 Å². The zero-order valence-electron chi connectivity index (χ0n) is 17.7. The van der Waals surface area contributed by atoms with E-state index in [-0.39, 0.29) is 12.0 Å². The molecule has 0 aliphatic carbocycles. The number of ether oxygens (including phenoxy) is 3. The van der Waals surface area contributed by atoms with Gasteiger partial charge in [-0.25, -0.2) is 9.97 Å². The summed E-state index contributed by atoms with van der Waals surface area (Å²) in [7, 11) is 3.18. The van der Waals surface area contributed by atoms with Crippen molar-refractivity contribution in [1.29, 1.82) is 0 Å². The summed E-state index contributed by atoms with van der Waals surface area (Å²) in [5.41, 5.74) is 2.36. The molecular weight excluding hydrogens is 402 g/mol. The smallest absolute Gasteiger partial charge is 0.263 e. The van der Waals surface area contributed by atoms with E-state index in [1.54, 1.807) is 20.4 Å². The van der Waals surface area contributed by atoms with Crippen LogP contribution in [0.15, 0.2) is 36.5 Å². The molecule has 0 aliphatic heterocycles. The first-order valence-electron chi connectivity index (χ1n) is 9.51. The van der Waals surface area contributed by atoms with Gasteiger partial charge in [0.25, 0.3) is 5.91 Å². The number of pyridine rings is 1. The Kier molecular flexibility index (Phi) is 6.89. The van der Waals surface area contributed by atoms with Crippen molar-refractivity contribution in [2.45, 2.75) is 33.4 Å². The van der Waals surface area contributed by atoms with Crippen LogP contribution in [0.4, 0.5) is 0 Å². The Morgan fingerprint density at radius 1 is 1.17 bits per heavy atom. The molecule has 2 heterocycles. The van der Waals surface area contributed by atoms with E-state index < -0.39 is 0 Å². The molecule has 30 heavy (non-hydrogen) atoms. The van der Waals surface area contributed by atoms with Crippen molar-refractivity contribution < 1.29 is 19.0 Å². The van der Waals surface area contributed by atoms with Crippen LogP contribution < -0.4 is 19.5 Å². The van der Waals surface area contributed by atoms with Gasteiger partial charge in [0, 0.05) is 23.9 Å². The fourth-order valence-corrected chi connectivity index (χ4v) is 3.82. The number of hydrogen-bond donors (Lipinski definition) is 1. The van der Waals surface area contributed by atoms with Crippen LogP contribution in [0.2, 0.25) is 0 Å². The second kappa shape index (κ2) is 9.58. The number of hydrogen-bond acceptors (Lipinski definition) is 7. The Bertz CT molecular complexity index is 1030. The Balaban J connectivity index is 1.77. The van der Waals surface area contributed by atoms with Crippen LogP contribution in [0, 0.1) is 6.92 Å². The molecule has 0 radical (unpaired) electrons. The van der Waals surface area contributed by atoms with E-state index in [2.05, 4.69) is 15.3 Å². The van der Waals surface area contributed by atoms with Gasteiger partial charge in [-0.05, 0) is 45.0 Å². The van der Waals surface area contributed by atoms with E-state index in [1.165, 1.54) is 11.3 Å². The van der Waals surface area contributed by atoms with Crippen molar-refractivity contribution in [3.63, 3.8) is 0 Å². The molecule has 3 aromatic rings. The number of carbonyl (C=O) groups is 1. The number of carbonyl (C=O) groups excluding carboxylic acids is 1. The standard InChI is InChI=1S/C22H25N3O4S/c1-13(2)29-21-16(7-6-10-23-21)12-24-20(26)19-14(3)25-22(30-19)15-8-9-17(27-4)18(11-15)28-5/h6-11,13H,12H2,1-5H3,(H,24,26). The molecule has 8 heteroatoms. The largest absolute Gasteiger partial charge is 0.493 e. The molecule has 0 fully saturated rings. The number of methoxy groups -OCH3 is 2. The summed E-state index contributed by atoms with van der Waals surface area (Å²) in [6.45, 7) is 6.02. The number of aromatic nitrogens is 2. The predicted octanol–water partition coefficient (Wildman–Crippen LogP) is 4.25. The van der Waals surface area contributed by atoms with Crippen LogP contribution in [0.25, 0.3) is 10.6 Å². The third kappa shape index (κ3) is 4.88. The third-order valence-electron chi connectivity index (χ3n) is 4.27. The van der Waals surface area contributed by atoms with Gasteiger partial charge in [0.1, 0.15) is 9.88 Å². The van der Waals surface area contributed by atoms with Crippen LogP contribution >= 0.6 is 11.3 Å². The highest BCUT2D eigenvalue weighted by Gasteiger charge is 2.18. The molecule has 0 spiro atoms. The maximum Gasteiger partial charge on any atom is 0.263 e. The minimum absolute atomic E-state index is 0.00198. The van der Waals surface area contributed by atoms with Crippen molar-refractivity contribution in [2.24, 2.45) is 0 Å². The van der Waals surface area contributed by atoms with Crippen LogP contribution in [0.3, 0.4) is 0 Å². The van der Waals surface area contributed by atoms with Gasteiger partial charge in [-0.2, -0.15) is 0 Å². The molecule has 158 valence electrons. The van der Waals surface area contributed by atoms with Gasteiger partial charge in [0.15, 0.2) is 11.5 Å². The average molecular weight is 428 g/mol. The molecule has 0 saturated heterocycles. The average Bonchev–Trinajstić information content (AvgIpc) is 3.13. The van der Waals surface area contributed by atoms with Crippen molar-refractivity contribution in [2.75, 3.05) is 14.2 Å². The number of amides is 1. The summed E-state index contributed by atoms with van der Waals surface area (Å²) in [5.74, 6) is 1.60. The zero-order valence-corrected chi connectivity index (χ0v) is 18.5. The normalized spacial score (nSPS) is 10.7. The van der Waals surface area contributed by atoms with Gasteiger partial charge in [0.2, 0.25) is 5.88 Å². The Hall–Kier alpha value is -3.13. The van der Waals surface area contributed by atoms with Gasteiger partial charge in [-0.1, -0.05) is 6.07 Å². The molecule has 3 rings (SSSR count). The van der Waals surface area contributed by atoms with E-state index in [0.717, 1.165) is 16.1 Å². The first kappa shape index (κ1) is 21.6. The first-order valence-corrected chi connectivity index (χ1v) is 10.3. The molecule has 7 nitrogen and oxygen atoms in total. The number of benzene rings is 1. The van der Waals surface area contributed by atoms with Crippen LogP contribution in [-0.2, 0) is 6.54 Å². The highest BCUT2D eigenvalue weighted by atomic mass is 32.1. The molecule has 2 aromatic heterocycles. The number of nitrogens with one attached hydrogen (secondary N) is 1. The van der Waals surface area contributed by atoms with Gasteiger partial charge < -0.3 is 19.5 Å². The van der Waals surface area contributed by atoms with Gasteiger partial charge in [0.05, 0.1) is 26.0 Å². The first-order chi connectivity index (χ1) is 14.4. The third-order valence-corrected chi connectivity index (χ3v) is 5.48. The van der Waals surface area contributed by atoms with Gasteiger partial charge in [-0.15, -0.1) is 11.3 Å². The SMILES string of the molecule is COc1ccc(-c2nc(C)c(C(=O)NCc3cccnc3OC(C)C)s2)cc1OC. The maximum atomic E-state index is 12.8. The van der Waals surface area contributed by atoms with Crippen LogP contribution in [0.1, 0.15) is 34.8 Å². The van der Waals surface area contributed by atoms with E-state index in [0.29, 0.717) is 34.5 Å². The monoisotopic (exact) mass is 427 g/mol. The summed E-state index contributed by atoms with van der Waals surface area (Å²) in [4.78, 5) is 22.2. The number of thiazole rings is 1. The van der Waals surface area contributed by atoms with Gasteiger partial charge in [-0.3, -0.25) is 4.79 Å². The molecule has 0 aliphatic rings. The van der Waals surface area contributed by atoms with Crippen molar-refractivity contribution in [3.8, 4) is 28.0 Å². The molecule has 1 amide bonds. The highest BCUT2D eigenvalue weighted by Crippen LogP contribution is 2.35. The highest BCUT2D eigenvalue weighted by molar-refractivity contribution is 7.17. The molecule has 0 bridgehead atoms. The second-order valence-corrected chi connectivity index (χ2v) is 7.82. The second-order valence-electron chi connectivity index (χ2n) is 6.82. The Labute approximate surface area is 180 Å². The fourth-order valence-electron chi connectivity index (χ4n) is 2.84. The molecule has 0 atom stereocenters. The van der Waals surface area contributed by atoms with E-state index in [4.69, 9.17) is 14.2 Å². The lowest BCUT2D eigenvalue weighted by molar-refractivity contribution is 0.0953. The molecule has 0 unspecified atom stereocenters. The quantitative estimate of drug-likeness (QED) is 0.579. The molecule has 1 N–H and O–H groups in total. The van der Waals surface area contributed by atoms with E-state index in [1.807, 2.05) is 51.1 Å². The van der Waals surface area contributed by atoms with Crippen LogP contribution in [-0.4, -0.2) is 36.2 Å². The number of aryl methyl sites for hydroxylation is 1. The summed E-state index contributed by atoms with van der Waals surface area (Å²) >= 11 is 1.34. The fraction of sp³-hybridized carbons (Fsp3) is 0.318. The minimum Gasteiger partial charge on any atom is -0.493 e. The maximum absolute atomic E-state index is 12.8. The van der Waals surface area contributed by atoms with Crippen molar-refractivity contribution in [1.82, 2.24) is 15.3 Å². The summed E-state index contributed by atoms with van der Waals surface area (Å²) < 4.78 is 16.4. The predicted molar refractivity (Wildman–Crippen MR) is 117 cm³/mol. The molecule has 0 saturated carbocycles. The minimum atomic E-state index is -0.184. The number of rotatable bonds is 8. The zero-order chi connectivity index (χ0) is 21.7. The lowest BCUT2D eigenvalue weighted by Crippen LogP contribution is -2.23. The topological polar surface area (TPSA) is 82.6 Å². The molecular formula is C22H25N3O4S. The van der Waals surface area contributed by atoms with Gasteiger partial charge >= 0.3 is 0 Å². The van der Waals surface area contributed by atoms with E-state index in [9.17, 15) is 4.79 Å². The lowest BCUT2D eigenvalue weighted by atomic mass is 10.2. The number of nitrogens with zero attached hydrogens (tertiary/aromatic N) is 2. The molecule has 1 aromatic carbocycles. The summed E-state index contributed by atoms with van der Waals surface area (Å²) in [5, 5.41) is 3.68. The van der Waals surface area contributed by atoms with E-state index >= 15 is 0 Å². The lowest BCUT2D eigenvalue weighted by Gasteiger charge is -2.13.